The van der Waals surface area contributed by atoms with Gasteiger partial charge in [-0.1, -0.05) is 39.1 Å². The van der Waals surface area contributed by atoms with E-state index in [9.17, 15) is 4.79 Å². The van der Waals surface area contributed by atoms with E-state index in [2.05, 4.69) is 38.4 Å². The molecule has 3 nitrogen and oxygen atoms in total. The number of hydrogen-bond donors (Lipinski definition) is 2. The van der Waals surface area contributed by atoms with Crippen LogP contribution in [0.25, 0.3) is 10.9 Å². The molecule has 1 aromatic heterocycles. The molecule has 2 N–H and O–H groups in total. The van der Waals surface area contributed by atoms with Gasteiger partial charge < -0.3 is 10.3 Å². The molecular weight excluding hydrogens is 423 g/mol. The number of nitrogens with one attached hydrogen (secondary N) is 2. The summed E-state index contributed by atoms with van der Waals surface area (Å²) in [4.78, 5) is 16.0. The normalized spacial score (nSPS) is 16.7. The predicted molar refractivity (Wildman–Crippen MR) is 106 cm³/mol. The van der Waals surface area contributed by atoms with Gasteiger partial charge in [0.25, 0.3) is 5.91 Å². The number of H-pyrrole nitrogens is 1. The average Bonchev–Trinajstić information content (AvgIpc) is 2.94. The number of rotatable bonds is 2. The predicted octanol–water partition coefficient (Wildman–Crippen LogP) is 5.52. The van der Waals surface area contributed by atoms with Crippen LogP contribution in [0, 0.1) is 0 Å². The van der Waals surface area contributed by atoms with Gasteiger partial charge in [-0.2, -0.15) is 0 Å². The molecule has 25 heavy (non-hydrogen) atoms. The number of benzene rings is 2. The Balaban J connectivity index is 1.56. The summed E-state index contributed by atoms with van der Waals surface area (Å²) in [6.07, 6.45) is 2.65. The number of hydrogen-bond acceptors (Lipinski definition) is 1. The van der Waals surface area contributed by atoms with Crippen molar-refractivity contribution in [1.82, 2.24) is 10.3 Å². The Morgan fingerprint density at radius 2 is 2.00 bits per heavy atom. The van der Waals surface area contributed by atoms with Crippen molar-refractivity contribution in [3.05, 3.63) is 67.7 Å². The SMILES string of the molecule is O=C(NC1CCc2[nH]c3ccc(Br)cc3c2C1)c1ccc(Cl)c(Cl)c1. The van der Waals surface area contributed by atoms with Crippen LogP contribution in [0.3, 0.4) is 0 Å². The highest BCUT2D eigenvalue weighted by molar-refractivity contribution is 9.10. The lowest BCUT2D eigenvalue weighted by Crippen LogP contribution is -2.38. The molecule has 0 aliphatic heterocycles. The third-order valence-corrected chi connectivity index (χ3v) is 5.90. The van der Waals surface area contributed by atoms with Crippen LogP contribution in [0.15, 0.2) is 40.9 Å². The summed E-state index contributed by atoms with van der Waals surface area (Å²) < 4.78 is 1.06. The third kappa shape index (κ3) is 3.31. The molecule has 128 valence electrons. The highest BCUT2D eigenvalue weighted by Gasteiger charge is 2.24. The summed E-state index contributed by atoms with van der Waals surface area (Å²) in [5.74, 6) is -0.118. The summed E-state index contributed by atoms with van der Waals surface area (Å²) in [5, 5.41) is 5.19. The number of carbonyl (C=O) groups is 1. The maximum Gasteiger partial charge on any atom is 0.251 e. The Morgan fingerprint density at radius 3 is 2.80 bits per heavy atom. The van der Waals surface area contributed by atoms with E-state index in [4.69, 9.17) is 23.2 Å². The molecule has 0 saturated heterocycles. The van der Waals surface area contributed by atoms with Crippen molar-refractivity contribution >= 4 is 55.9 Å². The van der Waals surface area contributed by atoms with Gasteiger partial charge in [0.1, 0.15) is 0 Å². The first kappa shape index (κ1) is 17.0. The van der Waals surface area contributed by atoms with Crippen LogP contribution >= 0.6 is 39.1 Å². The number of amides is 1. The average molecular weight is 438 g/mol. The molecule has 1 aliphatic carbocycles. The van der Waals surface area contributed by atoms with Gasteiger partial charge in [-0.3, -0.25) is 4.79 Å². The van der Waals surface area contributed by atoms with Crippen LogP contribution in [0.1, 0.15) is 28.0 Å². The molecule has 1 amide bonds. The first-order chi connectivity index (χ1) is 12.0. The number of fused-ring (bicyclic) bond motifs is 3. The van der Waals surface area contributed by atoms with E-state index in [-0.39, 0.29) is 11.9 Å². The third-order valence-electron chi connectivity index (χ3n) is 4.67. The van der Waals surface area contributed by atoms with Crippen molar-refractivity contribution in [2.75, 3.05) is 0 Å². The summed E-state index contributed by atoms with van der Waals surface area (Å²) in [5.41, 5.74) is 4.24. The van der Waals surface area contributed by atoms with E-state index in [0.717, 1.165) is 29.3 Å². The van der Waals surface area contributed by atoms with Gasteiger partial charge in [0.2, 0.25) is 0 Å². The maximum atomic E-state index is 12.5. The fourth-order valence-corrected chi connectivity index (χ4v) is 4.08. The van der Waals surface area contributed by atoms with E-state index >= 15 is 0 Å². The molecule has 0 radical (unpaired) electrons. The van der Waals surface area contributed by atoms with Crippen molar-refractivity contribution in [3.8, 4) is 0 Å². The summed E-state index contributed by atoms with van der Waals surface area (Å²) in [6.45, 7) is 0. The molecule has 3 aromatic rings. The first-order valence-electron chi connectivity index (χ1n) is 8.06. The monoisotopic (exact) mass is 436 g/mol. The molecule has 1 heterocycles. The van der Waals surface area contributed by atoms with Gasteiger partial charge in [0.05, 0.1) is 10.0 Å². The van der Waals surface area contributed by atoms with Crippen molar-refractivity contribution in [2.45, 2.75) is 25.3 Å². The van der Waals surface area contributed by atoms with E-state index in [1.54, 1.807) is 18.2 Å². The van der Waals surface area contributed by atoms with Gasteiger partial charge in [-0.05, 0) is 61.2 Å². The van der Waals surface area contributed by atoms with Crippen LogP contribution in [0.5, 0.6) is 0 Å². The Hall–Kier alpha value is -1.49. The lowest BCUT2D eigenvalue weighted by atomic mass is 9.91. The minimum atomic E-state index is -0.118. The summed E-state index contributed by atoms with van der Waals surface area (Å²) in [6, 6.07) is 11.3. The van der Waals surface area contributed by atoms with E-state index in [1.165, 1.54) is 16.6 Å². The zero-order valence-corrected chi connectivity index (χ0v) is 16.3. The van der Waals surface area contributed by atoms with Gasteiger partial charge in [-0.15, -0.1) is 0 Å². The van der Waals surface area contributed by atoms with Crippen molar-refractivity contribution in [1.29, 1.82) is 0 Å². The Labute approximate surface area is 163 Å². The molecule has 1 atom stereocenters. The second-order valence-electron chi connectivity index (χ2n) is 6.31. The molecule has 2 aromatic carbocycles. The number of aromatic amines is 1. The standard InChI is InChI=1S/C19H15BrCl2N2O/c20-11-2-5-17-13(8-11)14-9-12(3-6-18(14)24-17)23-19(25)10-1-4-15(21)16(22)7-10/h1-2,4-5,7-8,12,24H,3,6,9H2,(H,23,25). The minimum Gasteiger partial charge on any atom is -0.358 e. The van der Waals surface area contributed by atoms with E-state index in [1.807, 2.05) is 6.07 Å². The fourth-order valence-electron chi connectivity index (χ4n) is 3.42. The zero-order valence-electron chi connectivity index (χ0n) is 13.2. The van der Waals surface area contributed by atoms with Crippen molar-refractivity contribution < 1.29 is 4.79 Å². The Kier molecular flexibility index (Phi) is 4.52. The Morgan fingerprint density at radius 1 is 1.16 bits per heavy atom. The van der Waals surface area contributed by atoms with Gasteiger partial charge >= 0.3 is 0 Å². The molecule has 0 saturated carbocycles. The van der Waals surface area contributed by atoms with Gasteiger partial charge in [0, 0.05) is 32.7 Å². The van der Waals surface area contributed by atoms with Gasteiger partial charge in [-0.25, -0.2) is 0 Å². The number of aryl methyl sites for hydroxylation is 1. The number of aromatic nitrogens is 1. The second kappa shape index (κ2) is 6.67. The van der Waals surface area contributed by atoms with Crippen molar-refractivity contribution in [2.24, 2.45) is 0 Å². The quantitative estimate of drug-likeness (QED) is 0.544. The van der Waals surface area contributed by atoms with Gasteiger partial charge in [0.15, 0.2) is 0 Å². The second-order valence-corrected chi connectivity index (χ2v) is 8.04. The maximum absolute atomic E-state index is 12.5. The molecular formula is C19H15BrCl2N2O. The molecule has 0 bridgehead atoms. The van der Waals surface area contributed by atoms with Crippen molar-refractivity contribution in [3.63, 3.8) is 0 Å². The van der Waals surface area contributed by atoms with E-state index < -0.39 is 0 Å². The van der Waals surface area contributed by atoms with Crippen LogP contribution < -0.4 is 5.32 Å². The largest absolute Gasteiger partial charge is 0.358 e. The molecule has 6 heteroatoms. The molecule has 0 fully saturated rings. The van der Waals surface area contributed by atoms with Crippen LogP contribution in [0.2, 0.25) is 10.0 Å². The Bertz CT molecular complexity index is 983. The van der Waals surface area contributed by atoms with Crippen LogP contribution in [-0.2, 0) is 12.8 Å². The zero-order chi connectivity index (χ0) is 17.6. The first-order valence-corrected chi connectivity index (χ1v) is 9.61. The van der Waals surface area contributed by atoms with Crippen LogP contribution in [-0.4, -0.2) is 16.9 Å². The van der Waals surface area contributed by atoms with Crippen LogP contribution in [0.4, 0.5) is 0 Å². The highest BCUT2D eigenvalue weighted by atomic mass is 79.9. The summed E-state index contributed by atoms with van der Waals surface area (Å²) in [7, 11) is 0. The smallest absolute Gasteiger partial charge is 0.251 e. The number of carbonyl (C=O) groups excluding carboxylic acids is 1. The lowest BCUT2D eigenvalue weighted by molar-refractivity contribution is 0.0933. The molecule has 4 rings (SSSR count). The highest BCUT2D eigenvalue weighted by Crippen LogP contribution is 2.31. The molecule has 1 unspecified atom stereocenters. The molecule has 0 spiro atoms. The topological polar surface area (TPSA) is 44.9 Å². The summed E-state index contributed by atoms with van der Waals surface area (Å²) >= 11 is 15.5. The number of halogens is 3. The molecule has 1 aliphatic rings. The van der Waals surface area contributed by atoms with E-state index in [0.29, 0.717) is 15.6 Å². The lowest BCUT2D eigenvalue weighted by Gasteiger charge is -2.23. The minimum absolute atomic E-state index is 0.104. The fraction of sp³-hybridized carbons (Fsp3) is 0.211.